The molecule has 2 atom stereocenters. The third-order valence-electron chi connectivity index (χ3n) is 5.30. The number of aliphatic hydroxyl groups excluding tert-OH is 1. The number of hydrogen-bond acceptors (Lipinski definition) is 5. The average Bonchev–Trinajstić information content (AvgIpc) is 3.28. The summed E-state index contributed by atoms with van der Waals surface area (Å²) in [7, 11) is 0. The minimum Gasteiger partial charge on any atom is -0.394 e. The molecule has 1 aliphatic rings. The molecule has 162 valence electrons. The van der Waals surface area contributed by atoms with E-state index in [-0.39, 0.29) is 43.8 Å². The smallest absolute Gasteiger partial charge is 0.324 e. The Labute approximate surface area is 179 Å². The molecule has 1 fully saturated rings. The van der Waals surface area contributed by atoms with Gasteiger partial charge in [0.15, 0.2) is 0 Å². The number of aliphatic hydroxyl groups is 1. The number of H-pyrrole nitrogens is 1. The highest BCUT2D eigenvalue weighted by atomic mass is 32.2. The Bertz CT molecular complexity index is 900. The Kier molecular flexibility index (Phi) is 7.75. The maximum atomic E-state index is 12.6. The normalized spacial score (nSPS) is 17.4. The predicted octanol–water partition coefficient (Wildman–Crippen LogP) is 1.64. The molecule has 30 heavy (non-hydrogen) atoms. The highest BCUT2D eigenvalue weighted by Crippen LogP contribution is 2.19. The quantitative estimate of drug-likeness (QED) is 0.403. The van der Waals surface area contributed by atoms with E-state index >= 15 is 0 Å². The van der Waals surface area contributed by atoms with Gasteiger partial charge in [0.25, 0.3) is 5.91 Å². The molecule has 1 aromatic carbocycles. The van der Waals surface area contributed by atoms with E-state index in [1.54, 1.807) is 11.8 Å². The van der Waals surface area contributed by atoms with Gasteiger partial charge in [0.05, 0.1) is 12.6 Å². The van der Waals surface area contributed by atoms with E-state index in [2.05, 4.69) is 15.6 Å². The molecule has 0 unspecified atom stereocenters. The van der Waals surface area contributed by atoms with Crippen molar-refractivity contribution in [1.82, 2.24) is 20.5 Å². The number of benzene rings is 1. The van der Waals surface area contributed by atoms with Crippen molar-refractivity contribution in [2.24, 2.45) is 0 Å². The van der Waals surface area contributed by atoms with E-state index in [4.69, 9.17) is 0 Å². The van der Waals surface area contributed by atoms with Crippen molar-refractivity contribution in [2.45, 2.75) is 37.8 Å². The predicted molar refractivity (Wildman–Crippen MR) is 117 cm³/mol. The van der Waals surface area contributed by atoms with Gasteiger partial charge in [0.2, 0.25) is 5.91 Å². The SMILES string of the molecule is CSCC[C@@H](CO)NC(=O)CC[C@@H]1NC(=O)N(CCc2c[nH]c3ccccc23)C1=O. The number of aromatic amines is 1. The Hall–Kier alpha value is -2.52. The van der Waals surface area contributed by atoms with E-state index in [9.17, 15) is 19.5 Å². The molecule has 4 amide bonds. The highest BCUT2D eigenvalue weighted by Gasteiger charge is 2.37. The van der Waals surface area contributed by atoms with Crippen LogP contribution in [0.5, 0.6) is 0 Å². The van der Waals surface area contributed by atoms with Crippen molar-refractivity contribution in [2.75, 3.05) is 25.2 Å². The number of carbonyl (C=O) groups is 3. The fraction of sp³-hybridized carbons (Fsp3) is 0.476. The number of imide groups is 1. The molecule has 3 rings (SSSR count). The van der Waals surface area contributed by atoms with Gasteiger partial charge in [-0.2, -0.15) is 11.8 Å². The van der Waals surface area contributed by atoms with E-state index in [0.717, 1.165) is 22.2 Å². The zero-order valence-electron chi connectivity index (χ0n) is 17.0. The van der Waals surface area contributed by atoms with Crippen molar-refractivity contribution in [3.63, 3.8) is 0 Å². The number of nitrogens with one attached hydrogen (secondary N) is 3. The van der Waals surface area contributed by atoms with Gasteiger partial charge < -0.3 is 20.7 Å². The molecular weight excluding hydrogens is 404 g/mol. The molecule has 0 spiro atoms. The lowest BCUT2D eigenvalue weighted by Crippen LogP contribution is -2.39. The molecular formula is C21H28N4O4S. The van der Waals surface area contributed by atoms with Crippen LogP contribution < -0.4 is 10.6 Å². The van der Waals surface area contributed by atoms with Crippen LogP contribution in [0.15, 0.2) is 30.5 Å². The number of fused-ring (bicyclic) bond motifs is 1. The first kappa shape index (κ1) is 22.2. The largest absolute Gasteiger partial charge is 0.394 e. The first-order chi connectivity index (χ1) is 14.5. The van der Waals surface area contributed by atoms with Crippen molar-refractivity contribution < 1.29 is 19.5 Å². The first-order valence-corrected chi connectivity index (χ1v) is 11.5. The highest BCUT2D eigenvalue weighted by molar-refractivity contribution is 7.98. The summed E-state index contributed by atoms with van der Waals surface area (Å²) >= 11 is 1.65. The van der Waals surface area contributed by atoms with Gasteiger partial charge in [-0.05, 0) is 42.9 Å². The van der Waals surface area contributed by atoms with Crippen LogP contribution in [0.1, 0.15) is 24.8 Å². The molecule has 0 bridgehead atoms. The fourth-order valence-corrected chi connectivity index (χ4v) is 4.12. The molecule has 1 saturated heterocycles. The minimum absolute atomic E-state index is 0.114. The standard InChI is InChI=1S/C21H28N4O4S/c1-30-11-9-15(13-26)23-19(27)7-6-18-20(28)25(21(29)24-18)10-8-14-12-22-17-5-3-2-4-16(14)17/h2-5,12,15,18,22,26H,6-11,13H2,1H3,(H,23,27)(H,24,29)/t15-,18-/m0/s1. The number of para-hydroxylation sites is 1. The summed E-state index contributed by atoms with van der Waals surface area (Å²) in [6, 6.07) is 6.50. The van der Waals surface area contributed by atoms with Crippen molar-refractivity contribution >= 4 is 40.5 Å². The van der Waals surface area contributed by atoms with Gasteiger partial charge in [-0.25, -0.2) is 4.79 Å². The lowest BCUT2D eigenvalue weighted by Gasteiger charge is -2.16. The van der Waals surface area contributed by atoms with Gasteiger partial charge >= 0.3 is 6.03 Å². The van der Waals surface area contributed by atoms with Crippen LogP contribution in [0.3, 0.4) is 0 Å². The molecule has 2 aromatic rings. The Morgan fingerprint density at radius 2 is 2.13 bits per heavy atom. The molecule has 0 saturated carbocycles. The fourth-order valence-electron chi connectivity index (χ4n) is 3.60. The van der Waals surface area contributed by atoms with Crippen LogP contribution in [-0.2, 0) is 16.0 Å². The average molecular weight is 433 g/mol. The molecule has 0 aliphatic carbocycles. The van der Waals surface area contributed by atoms with Crippen molar-refractivity contribution in [3.8, 4) is 0 Å². The van der Waals surface area contributed by atoms with Gasteiger partial charge in [-0.15, -0.1) is 0 Å². The van der Waals surface area contributed by atoms with Gasteiger partial charge in [0.1, 0.15) is 6.04 Å². The zero-order chi connectivity index (χ0) is 21.5. The summed E-state index contributed by atoms with van der Waals surface area (Å²) in [4.78, 5) is 41.4. The minimum atomic E-state index is -0.690. The van der Waals surface area contributed by atoms with Crippen LogP contribution >= 0.6 is 11.8 Å². The zero-order valence-corrected chi connectivity index (χ0v) is 17.8. The molecule has 9 heteroatoms. The topological polar surface area (TPSA) is 115 Å². The van der Waals surface area contributed by atoms with Gasteiger partial charge in [0, 0.05) is 30.1 Å². The summed E-state index contributed by atoms with van der Waals surface area (Å²) in [6.45, 7) is 0.170. The molecule has 2 heterocycles. The number of hydrogen-bond donors (Lipinski definition) is 4. The number of urea groups is 1. The van der Waals surface area contributed by atoms with Crippen LogP contribution in [0.2, 0.25) is 0 Å². The monoisotopic (exact) mass is 432 g/mol. The summed E-state index contributed by atoms with van der Waals surface area (Å²) < 4.78 is 0. The molecule has 0 radical (unpaired) electrons. The lowest BCUT2D eigenvalue weighted by atomic mass is 10.1. The number of amides is 4. The van der Waals surface area contributed by atoms with E-state index < -0.39 is 12.1 Å². The summed E-state index contributed by atoms with van der Waals surface area (Å²) in [5.41, 5.74) is 2.07. The number of aromatic nitrogens is 1. The van der Waals surface area contributed by atoms with Crippen LogP contribution in [0.4, 0.5) is 4.79 Å². The second kappa shape index (κ2) is 10.5. The number of thioether (sulfide) groups is 1. The third kappa shape index (κ3) is 5.34. The third-order valence-corrected chi connectivity index (χ3v) is 5.95. The van der Waals surface area contributed by atoms with Gasteiger partial charge in [-0.1, -0.05) is 18.2 Å². The summed E-state index contributed by atoms with van der Waals surface area (Å²) in [5.74, 6) is 0.316. The number of carbonyl (C=O) groups excluding carboxylic acids is 3. The maximum Gasteiger partial charge on any atom is 0.324 e. The van der Waals surface area contributed by atoms with Gasteiger partial charge in [-0.3, -0.25) is 14.5 Å². The molecule has 4 N–H and O–H groups in total. The van der Waals surface area contributed by atoms with Crippen molar-refractivity contribution in [3.05, 3.63) is 36.0 Å². The number of nitrogens with zero attached hydrogens (tertiary/aromatic N) is 1. The van der Waals surface area contributed by atoms with Crippen LogP contribution in [0, 0.1) is 0 Å². The Balaban J connectivity index is 1.49. The van der Waals surface area contributed by atoms with Crippen LogP contribution in [0.25, 0.3) is 10.9 Å². The molecule has 1 aromatic heterocycles. The first-order valence-electron chi connectivity index (χ1n) is 10.1. The second-order valence-corrected chi connectivity index (χ2v) is 8.35. The summed E-state index contributed by atoms with van der Waals surface area (Å²) in [5, 5.41) is 15.9. The number of rotatable bonds is 11. The van der Waals surface area contributed by atoms with E-state index in [1.807, 2.05) is 36.7 Å². The lowest BCUT2D eigenvalue weighted by molar-refractivity contribution is -0.127. The van der Waals surface area contributed by atoms with Crippen LogP contribution in [-0.4, -0.2) is 70.1 Å². The second-order valence-electron chi connectivity index (χ2n) is 7.37. The maximum absolute atomic E-state index is 12.6. The molecule has 1 aliphatic heterocycles. The van der Waals surface area contributed by atoms with E-state index in [1.165, 1.54) is 4.90 Å². The summed E-state index contributed by atoms with van der Waals surface area (Å²) in [6.07, 6.45) is 5.46. The van der Waals surface area contributed by atoms with E-state index in [0.29, 0.717) is 12.8 Å². The Morgan fingerprint density at radius 3 is 2.90 bits per heavy atom. The van der Waals surface area contributed by atoms with Crippen molar-refractivity contribution in [1.29, 1.82) is 0 Å². The Morgan fingerprint density at radius 1 is 1.33 bits per heavy atom. The molecule has 8 nitrogen and oxygen atoms in total.